The molecule has 0 radical (unpaired) electrons. The van der Waals surface area contributed by atoms with Crippen molar-refractivity contribution in [2.75, 3.05) is 6.54 Å². The van der Waals surface area contributed by atoms with Gasteiger partial charge in [-0.2, -0.15) is 0 Å². The molecule has 1 saturated carbocycles. The number of halogens is 2. The molecule has 4 heteroatoms. The lowest BCUT2D eigenvalue weighted by Crippen LogP contribution is -2.37. The van der Waals surface area contributed by atoms with Gasteiger partial charge in [-0.15, -0.1) is 0 Å². The van der Waals surface area contributed by atoms with Crippen LogP contribution in [0.2, 0.25) is 0 Å². The van der Waals surface area contributed by atoms with Crippen molar-refractivity contribution in [3.05, 3.63) is 29.8 Å². The van der Waals surface area contributed by atoms with Crippen LogP contribution in [0.1, 0.15) is 26.7 Å². The summed E-state index contributed by atoms with van der Waals surface area (Å²) in [5.74, 6) is -0.982. The van der Waals surface area contributed by atoms with Crippen molar-refractivity contribution in [1.82, 2.24) is 5.32 Å². The van der Waals surface area contributed by atoms with Crippen molar-refractivity contribution in [2.24, 2.45) is 0 Å². The highest BCUT2D eigenvalue weighted by Gasteiger charge is 2.45. The van der Waals surface area contributed by atoms with E-state index in [2.05, 4.69) is 5.32 Å². The Morgan fingerprint density at radius 1 is 1.35 bits per heavy atom. The van der Waals surface area contributed by atoms with E-state index in [1.54, 1.807) is 0 Å². The van der Waals surface area contributed by atoms with Crippen molar-refractivity contribution in [2.45, 2.75) is 38.3 Å². The normalized spacial score (nSPS) is 17.2. The summed E-state index contributed by atoms with van der Waals surface area (Å²) in [5, 5.41) is 3.26. The number of rotatable bonds is 5. The first-order valence-corrected chi connectivity index (χ1v) is 5.88. The first-order chi connectivity index (χ1) is 8.01. The van der Waals surface area contributed by atoms with Gasteiger partial charge in [0.1, 0.15) is 11.4 Å². The van der Waals surface area contributed by atoms with Crippen LogP contribution in [0.4, 0.5) is 8.78 Å². The summed E-state index contributed by atoms with van der Waals surface area (Å²) in [6, 6.07) is 3.64. The fraction of sp³-hybridized carbons (Fsp3) is 0.538. The Morgan fingerprint density at radius 2 is 2.06 bits per heavy atom. The molecule has 1 aromatic rings. The largest absolute Gasteiger partial charge is 0.483 e. The van der Waals surface area contributed by atoms with E-state index in [0.29, 0.717) is 12.6 Å². The molecule has 1 aromatic carbocycles. The van der Waals surface area contributed by atoms with Crippen LogP contribution in [0.15, 0.2) is 18.2 Å². The van der Waals surface area contributed by atoms with Crippen molar-refractivity contribution in [3.63, 3.8) is 0 Å². The minimum Gasteiger partial charge on any atom is -0.483 e. The van der Waals surface area contributed by atoms with Crippen LogP contribution < -0.4 is 10.1 Å². The summed E-state index contributed by atoms with van der Waals surface area (Å²) in [4.78, 5) is 0. The zero-order valence-electron chi connectivity index (χ0n) is 10.1. The summed E-state index contributed by atoms with van der Waals surface area (Å²) < 4.78 is 32.0. The molecule has 1 N–H and O–H groups in total. The zero-order chi connectivity index (χ0) is 12.5. The quantitative estimate of drug-likeness (QED) is 0.855. The van der Waals surface area contributed by atoms with Gasteiger partial charge >= 0.3 is 0 Å². The maximum Gasteiger partial charge on any atom is 0.165 e. The molecular formula is C13H17F2NO. The zero-order valence-corrected chi connectivity index (χ0v) is 10.1. The van der Waals surface area contributed by atoms with E-state index >= 15 is 0 Å². The van der Waals surface area contributed by atoms with Gasteiger partial charge < -0.3 is 10.1 Å². The summed E-state index contributed by atoms with van der Waals surface area (Å²) in [5.41, 5.74) is -0.348. The Balaban J connectivity index is 2.02. The van der Waals surface area contributed by atoms with Crippen LogP contribution in [-0.2, 0) is 0 Å². The second kappa shape index (κ2) is 4.61. The standard InChI is InChI=1S/C13H17F2NO/c1-9(2)16-8-13(5-6-13)17-12-7-10(14)3-4-11(12)15/h3-4,7,9,16H,5-6,8H2,1-2H3. The maximum atomic E-state index is 13.4. The summed E-state index contributed by atoms with van der Waals surface area (Å²) in [7, 11) is 0. The van der Waals surface area contributed by atoms with Crippen molar-refractivity contribution in [3.8, 4) is 5.75 Å². The van der Waals surface area contributed by atoms with E-state index in [4.69, 9.17) is 4.74 Å². The third-order valence-corrected chi connectivity index (χ3v) is 2.86. The molecule has 0 unspecified atom stereocenters. The fourth-order valence-corrected chi connectivity index (χ4v) is 1.63. The SMILES string of the molecule is CC(C)NCC1(Oc2cc(F)ccc2F)CC1. The molecule has 0 bridgehead atoms. The lowest BCUT2D eigenvalue weighted by Gasteiger charge is -2.20. The molecule has 0 aliphatic heterocycles. The monoisotopic (exact) mass is 241 g/mol. The molecule has 1 fully saturated rings. The van der Waals surface area contributed by atoms with E-state index in [9.17, 15) is 8.78 Å². The smallest absolute Gasteiger partial charge is 0.165 e. The molecule has 2 rings (SSSR count). The Bertz CT molecular complexity index is 402. The first-order valence-electron chi connectivity index (χ1n) is 5.88. The minimum atomic E-state index is -0.512. The van der Waals surface area contributed by atoms with Crippen molar-refractivity contribution in [1.29, 1.82) is 0 Å². The number of nitrogens with one attached hydrogen (secondary N) is 1. The van der Waals surface area contributed by atoms with E-state index in [-0.39, 0.29) is 11.4 Å². The number of ether oxygens (including phenoxy) is 1. The highest BCUT2D eigenvalue weighted by Crippen LogP contribution is 2.40. The molecular weight excluding hydrogens is 224 g/mol. The van der Waals surface area contributed by atoms with E-state index in [0.717, 1.165) is 31.0 Å². The lowest BCUT2D eigenvalue weighted by atomic mass is 10.2. The van der Waals surface area contributed by atoms with Crippen molar-refractivity contribution >= 4 is 0 Å². The van der Waals surface area contributed by atoms with Crippen LogP contribution in [0.3, 0.4) is 0 Å². The number of hydrogen-bond donors (Lipinski definition) is 1. The predicted molar refractivity (Wildman–Crippen MR) is 62.1 cm³/mol. The molecule has 0 aromatic heterocycles. The van der Waals surface area contributed by atoms with Crippen LogP contribution in [-0.4, -0.2) is 18.2 Å². The average Bonchev–Trinajstić information content (AvgIpc) is 3.02. The molecule has 1 aliphatic carbocycles. The van der Waals surface area contributed by atoms with Gasteiger partial charge in [0.05, 0.1) is 0 Å². The Labute approximate surface area is 100.0 Å². The predicted octanol–water partition coefficient (Wildman–Crippen LogP) is 2.87. The molecule has 17 heavy (non-hydrogen) atoms. The molecule has 0 spiro atoms. The minimum absolute atomic E-state index is 0.00746. The second-order valence-electron chi connectivity index (χ2n) is 4.90. The van der Waals surface area contributed by atoms with Gasteiger partial charge in [0.2, 0.25) is 0 Å². The van der Waals surface area contributed by atoms with Gasteiger partial charge in [-0.05, 0) is 25.0 Å². The molecule has 0 heterocycles. The van der Waals surface area contributed by atoms with Gasteiger partial charge in [-0.25, -0.2) is 8.78 Å². The van der Waals surface area contributed by atoms with Gasteiger partial charge in [0.15, 0.2) is 11.6 Å². The first kappa shape index (κ1) is 12.3. The lowest BCUT2D eigenvalue weighted by molar-refractivity contribution is 0.164. The number of benzene rings is 1. The van der Waals surface area contributed by atoms with Gasteiger partial charge in [0.25, 0.3) is 0 Å². The molecule has 0 saturated heterocycles. The van der Waals surface area contributed by atoms with Crippen LogP contribution in [0, 0.1) is 11.6 Å². The summed E-state index contributed by atoms with van der Waals surface area (Å²) in [6.45, 7) is 4.75. The Hall–Kier alpha value is -1.16. The van der Waals surface area contributed by atoms with Crippen LogP contribution in [0.25, 0.3) is 0 Å². The van der Waals surface area contributed by atoms with Gasteiger partial charge in [-0.3, -0.25) is 0 Å². The summed E-state index contributed by atoms with van der Waals surface area (Å²) >= 11 is 0. The van der Waals surface area contributed by atoms with Crippen molar-refractivity contribution < 1.29 is 13.5 Å². The maximum absolute atomic E-state index is 13.4. The molecule has 0 atom stereocenters. The van der Waals surface area contributed by atoms with Crippen LogP contribution >= 0.6 is 0 Å². The highest BCUT2D eigenvalue weighted by atomic mass is 19.1. The molecule has 2 nitrogen and oxygen atoms in total. The third kappa shape index (κ3) is 3.16. The van der Waals surface area contributed by atoms with Gasteiger partial charge in [-0.1, -0.05) is 13.8 Å². The highest BCUT2D eigenvalue weighted by molar-refractivity contribution is 5.27. The summed E-state index contributed by atoms with van der Waals surface area (Å²) in [6.07, 6.45) is 1.76. The van der Waals surface area contributed by atoms with E-state index in [1.807, 2.05) is 13.8 Å². The molecule has 94 valence electrons. The Morgan fingerprint density at radius 3 is 2.65 bits per heavy atom. The van der Waals surface area contributed by atoms with E-state index < -0.39 is 11.6 Å². The third-order valence-electron chi connectivity index (χ3n) is 2.86. The van der Waals surface area contributed by atoms with Gasteiger partial charge in [0, 0.05) is 18.7 Å². The number of hydrogen-bond acceptors (Lipinski definition) is 2. The molecule has 0 amide bonds. The topological polar surface area (TPSA) is 21.3 Å². The second-order valence-corrected chi connectivity index (χ2v) is 4.90. The average molecular weight is 241 g/mol. The molecule has 1 aliphatic rings. The van der Waals surface area contributed by atoms with E-state index in [1.165, 1.54) is 0 Å². The van der Waals surface area contributed by atoms with Crippen LogP contribution in [0.5, 0.6) is 5.75 Å². The Kier molecular flexibility index (Phi) is 3.33. The fourth-order valence-electron chi connectivity index (χ4n) is 1.63.